The predicted molar refractivity (Wildman–Crippen MR) is 104 cm³/mol. The van der Waals surface area contributed by atoms with Crippen LogP contribution in [0, 0.1) is 6.92 Å². The van der Waals surface area contributed by atoms with Gasteiger partial charge >= 0.3 is 0 Å². The minimum absolute atomic E-state index is 0.107. The second-order valence-electron chi connectivity index (χ2n) is 6.40. The van der Waals surface area contributed by atoms with Crippen LogP contribution in [-0.2, 0) is 6.54 Å². The quantitative estimate of drug-likeness (QED) is 0.702. The number of benzene rings is 2. The molecule has 0 saturated carbocycles. The number of aryl methyl sites for hydroxylation is 1. The number of aromatic nitrogens is 1. The number of carbonyl (C=O) groups excluding carboxylic acids is 1. The van der Waals surface area contributed by atoms with Gasteiger partial charge in [-0.3, -0.25) is 9.59 Å². The zero-order valence-corrected chi connectivity index (χ0v) is 15.4. The fourth-order valence-electron chi connectivity index (χ4n) is 3.01. The monoisotopic (exact) mass is 366 g/mol. The largest absolute Gasteiger partial charge is 0.497 e. The molecule has 0 fully saturated rings. The van der Waals surface area contributed by atoms with E-state index in [1.807, 2.05) is 25.1 Å². The average molecular weight is 366 g/mol. The first-order valence-electron chi connectivity index (χ1n) is 8.68. The third-order valence-corrected chi connectivity index (χ3v) is 4.41. The standard InChI is InChI=1S/C21H22N2O4/c1-14-6-7-19-16(10-14)11-17(20(25)22-19)13-23(8-9-24)21(26)15-4-3-5-18(12-15)27-2/h3-7,10-12,24H,8-9,13H2,1-2H3,(H,22,25). The van der Waals surface area contributed by atoms with E-state index in [2.05, 4.69) is 4.98 Å². The highest BCUT2D eigenvalue weighted by Gasteiger charge is 2.18. The molecule has 140 valence electrons. The Kier molecular flexibility index (Phi) is 5.57. The molecule has 1 aromatic heterocycles. The maximum Gasteiger partial charge on any atom is 0.254 e. The minimum atomic E-state index is -0.272. The smallest absolute Gasteiger partial charge is 0.254 e. The highest BCUT2D eigenvalue weighted by atomic mass is 16.5. The Hall–Kier alpha value is -3.12. The van der Waals surface area contributed by atoms with Crippen molar-refractivity contribution in [2.24, 2.45) is 0 Å². The molecule has 2 N–H and O–H groups in total. The number of fused-ring (bicyclic) bond motifs is 1. The molecule has 1 heterocycles. The van der Waals surface area contributed by atoms with E-state index >= 15 is 0 Å². The van der Waals surface area contributed by atoms with Crippen LogP contribution in [0.15, 0.2) is 53.3 Å². The van der Waals surface area contributed by atoms with Crippen LogP contribution in [0.4, 0.5) is 0 Å². The van der Waals surface area contributed by atoms with Crippen LogP contribution in [0.2, 0.25) is 0 Å². The van der Waals surface area contributed by atoms with E-state index in [1.54, 1.807) is 30.3 Å². The number of H-pyrrole nitrogens is 1. The molecular weight excluding hydrogens is 344 g/mol. The Morgan fingerprint density at radius 2 is 2.00 bits per heavy atom. The third kappa shape index (κ3) is 4.17. The summed E-state index contributed by atoms with van der Waals surface area (Å²) < 4.78 is 5.17. The number of carbonyl (C=O) groups is 1. The van der Waals surface area contributed by atoms with Crippen LogP contribution >= 0.6 is 0 Å². The molecule has 0 aliphatic carbocycles. The summed E-state index contributed by atoms with van der Waals surface area (Å²) in [5.74, 6) is 0.301. The molecule has 3 rings (SSSR count). The van der Waals surface area contributed by atoms with Gasteiger partial charge in [0.2, 0.25) is 0 Å². The molecule has 0 aliphatic rings. The van der Waals surface area contributed by atoms with Crippen LogP contribution in [0.1, 0.15) is 21.5 Å². The Morgan fingerprint density at radius 3 is 2.74 bits per heavy atom. The van der Waals surface area contributed by atoms with E-state index in [0.29, 0.717) is 16.9 Å². The van der Waals surface area contributed by atoms with Gasteiger partial charge in [-0.25, -0.2) is 0 Å². The summed E-state index contributed by atoms with van der Waals surface area (Å²) in [4.78, 5) is 29.6. The van der Waals surface area contributed by atoms with E-state index in [-0.39, 0.29) is 31.2 Å². The average Bonchev–Trinajstić information content (AvgIpc) is 2.68. The van der Waals surface area contributed by atoms with Gasteiger partial charge in [0.15, 0.2) is 0 Å². The molecule has 0 unspecified atom stereocenters. The van der Waals surface area contributed by atoms with Gasteiger partial charge in [-0.05, 0) is 48.7 Å². The molecule has 27 heavy (non-hydrogen) atoms. The number of nitrogens with zero attached hydrogens (tertiary/aromatic N) is 1. The highest BCUT2D eigenvalue weighted by molar-refractivity contribution is 5.94. The second-order valence-corrected chi connectivity index (χ2v) is 6.40. The number of aromatic amines is 1. The van der Waals surface area contributed by atoms with Crippen molar-refractivity contribution in [3.8, 4) is 5.75 Å². The van der Waals surface area contributed by atoms with Crippen LogP contribution in [0.3, 0.4) is 0 Å². The number of rotatable bonds is 6. The lowest BCUT2D eigenvalue weighted by Gasteiger charge is -2.22. The number of methoxy groups -OCH3 is 1. The van der Waals surface area contributed by atoms with Gasteiger partial charge in [-0.1, -0.05) is 17.7 Å². The lowest BCUT2D eigenvalue weighted by Crippen LogP contribution is -2.35. The number of aliphatic hydroxyl groups excluding tert-OH is 1. The lowest BCUT2D eigenvalue weighted by molar-refractivity contribution is 0.0707. The molecule has 0 bridgehead atoms. The maximum absolute atomic E-state index is 12.9. The van der Waals surface area contributed by atoms with E-state index in [1.165, 1.54) is 12.0 Å². The van der Waals surface area contributed by atoms with E-state index < -0.39 is 0 Å². The predicted octanol–water partition coefficient (Wildman–Crippen LogP) is 2.48. The zero-order valence-electron chi connectivity index (χ0n) is 15.4. The van der Waals surface area contributed by atoms with Crippen molar-refractivity contribution < 1.29 is 14.6 Å². The van der Waals surface area contributed by atoms with Crippen molar-refractivity contribution >= 4 is 16.8 Å². The first-order valence-corrected chi connectivity index (χ1v) is 8.68. The van der Waals surface area contributed by atoms with Gasteiger partial charge in [0.25, 0.3) is 11.5 Å². The topological polar surface area (TPSA) is 82.6 Å². The number of aliphatic hydroxyl groups is 1. The van der Waals surface area contributed by atoms with E-state index in [0.717, 1.165) is 16.5 Å². The van der Waals surface area contributed by atoms with Crippen molar-refractivity contribution in [2.45, 2.75) is 13.5 Å². The molecule has 6 nitrogen and oxygen atoms in total. The Morgan fingerprint density at radius 1 is 1.19 bits per heavy atom. The number of amides is 1. The maximum atomic E-state index is 12.9. The fraction of sp³-hybridized carbons (Fsp3) is 0.238. The fourth-order valence-corrected chi connectivity index (χ4v) is 3.01. The molecule has 1 amide bonds. The molecular formula is C21H22N2O4. The van der Waals surface area contributed by atoms with Crippen LogP contribution in [-0.4, -0.2) is 41.2 Å². The van der Waals surface area contributed by atoms with Gasteiger partial charge in [-0.15, -0.1) is 0 Å². The van der Waals surface area contributed by atoms with E-state index in [9.17, 15) is 14.7 Å². The summed E-state index contributed by atoms with van der Waals surface area (Å²) in [5.41, 5.74) is 2.50. The Balaban J connectivity index is 1.94. The van der Waals surface area contributed by atoms with E-state index in [4.69, 9.17) is 4.74 Å². The summed E-state index contributed by atoms with van der Waals surface area (Å²) in [6, 6.07) is 14.4. The summed E-state index contributed by atoms with van der Waals surface area (Å²) in [6.07, 6.45) is 0. The van der Waals surface area contributed by atoms with Gasteiger partial charge in [0.05, 0.1) is 20.3 Å². The van der Waals surface area contributed by atoms with Crippen molar-refractivity contribution in [3.63, 3.8) is 0 Å². The number of hydrogen-bond donors (Lipinski definition) is 2. The number of ether oxygens (including phenoxy) is 1. The van der Waals surface area contributed by atoms with Crippen molar-refractivity contribution in [1.82, 2.24) is 9.88 Å². The molecule has 0 aliphatic heterocycles. The highest BCUT2D eigenvalue weighted by Crippen LogP contribution is 2.17. The molecule has 0 radical (unpaired) electrons. The van der Waals surface area contributed by atoms with Gasteiger partial charge in [0.1, 0.15) is 5.75 Å². The van der Waals surface area contributed by atoms with Gasteiger partial charge in [-0.2, -0.15) is 0 Å². The molecule has 6 heteroatoms. The van der Waals surface area contributed by atoms with Crippen LogP contribution in [0.5, 0.6) is 5.75 Å². The molecule has 0 atom stereocenters. The summed E-state index contributed by atoms with van der Waals surface area (Å²) in [6.45, 7) is 2.02. The third-order valence-electron chi connectivity index (χ3n) is 4.41. The first kappa shape index (κ1) is 18.7. The lowest BCUT2D eigenvalue weighted by atomic mass is 10.1. The second kappa shape index (κ2) is 8.05. The summed E-state index contributed by atoms with van der Waals surface area (Å²) in [7, 11) is 1.53. The molecule has 2 aromatic carbocycles. The normalized spacial score (nSPS) is 10.8. The Labute approximate surface area is 157 Å². The van der Waals surface area contributed by atoms with Gasteiger partial charge < -0.3 is 19.7 Å². The van der Waals surface area contributed by atoms with Crippen LogP contribution < -0.4 is 10.3 Å². The van der Waals surface area contributed by atoms with Crippen LogP contribution in [0.25, 0.3) is 10.9 Å². The number of hydrogen-bond acceptors (Lipinski definition) is 4. The molecule has 0 spiro atoms. The summed E-state index contributed by atoms with van der Waals surface area (Å²) >= 11 is 0. The number of pyridine rings is 1. The SMILES string of the molecule is COc1cccc(C(=O)N(CCO)Cc2cc3cc(C)ccc3[nH]c2=O)c1. The zero-order chi connectivity index (χ0) is 19.4. The minimum Gasteiger partial charge on any atom is -0.497 e. The molecule has 0 saturated heterocycles. The Bertz CT molecular complexity index is 1030. The van der Waals surface area contributed by atoms with Crippen molar-refractivity contribution in [2.75, 3.05) is 20.3 Å². The van der Waals surface area contributed by atoms with Crippen molar-refractivity contribution in [3.05, 3.63) is 75.6 Å². The molecule has 3 aromatic rings. The summed E-state index contributed by atoms with van der Waals surface area (Å²) in [5, 5.41) is 10.3. The number of nitrogens with one attached hydrogen (secondary N) is 1. The van der Waals surface area contributed by atoms with Crippen molar-refractivity contribution in [1.29, 1.82) is 0 Å². The van der Waals surface area contributed by atoms with Gasteiger partial charge in [0, 0.05) is 23.2 Å². The first-order chi connectivity index (χ1) is 13.0.